The van der Waals surface area contributed by atoms with Gasteiger partial charge in [0.1, 0.15) is 5.75 Å². The summed E-state index contributed by atoms with van der Waals surface area (Å²) >= 11 is 0. The van der Waals surface area contributed by atoms with Crippen LogP contribution >= 0.6 is 0 Å². The minimum absolute atomic E-state index is 0.218. The van der Waals surface area contributed by atoms with Crippen LogP contribution in [0.25, 0.3) is 0 Å². The molecule has 1 aromatic heterocycles. The number of benzene rings is 1. The number of fused-ring (bicyclic) bond motifs is 1. The van der Waals surface area contributed by atoms with Gasteiger partial charge in [-0.25, -0.2) is 13.1 Å². The van der Waals surface area contributed by atoms with E-state index in [0.717, 1.165) is 42.9 Å². The van der Waals surface area contributed by atoms with E-state index < -0.39 is 10.0 Å². The van der Waals surface area contributed by atoms with Gasteiger partial charge < -0.3 is 4.74 Å². The first-order valence-electron chi connectivity index (χ1n) is 10.3. The largest absolute Gasteiger partial charge is 0.493 e. The highest BCUT2D eigenvalue weighted by atomic mass is 32.2. The maximum atomic E-state index is 12.9. The van der Waals surface area contributed by atoms with Crippen LogP contribution in [0.15, 0.2) is 35.4 Å². The quantitative estimate of drug-likeness (QED) is 0.797. The summed E-state index contributed by atoms with van der Waals surface area (Å²) in [5.74, 6) is 1.36. The van der Waals surface area contributed by atoms with E-state index in [2.05, 4.69) is 9.82 Å². The van der Waals surface area contributed by atoms with Crippen LogP contribution in [-0.2, 0) is 23.5 Å². The fraction of sp³-hybridized carbons (Fsp3) is 0.571. The van der Waals surface area contributed by atoms with Crippen molar-refractivity contribution in [3.8, 4) is 5.75 Å². The molecule has 152 valence electrons. The van der Waals surface area contributed by atoms with E-state index in [0.29, 0.717) is 5.92 Å². The van der Waals surface area contributed by atoms with Crippen molar-refractivity contribution < 1.29 is 13.2 Å². The van der Waals surface area contributed by atoms with E-state index in [9.17, 15) is 8.42 Å². The molecule has 1 aromatic carbocycles. The Labute approximate surface area is 167 Å². The fourth-order valence-corrected chi connectivity index (χ4v) is 5.62. The molecule has 4 rings (SSSR count). The zero-order valence-electron chi connectivity index (χ0n) is 16.4. The first kappa shape index (κ1) is 19.5. The molecule has 0 aliphatic heterocycles. The highest BCUT2D eigenvalue weighted by Crippen LogP contribution is 2.31. The molecule has 2 aromatic rings. The molecule has 6 nitrogen and oxygen atoms in total. The van der Waals surface area contributed by atoms with Gasteiger partial charge in [-0.3, -0.25) is 4.68 Å². The van der Waals surface area contributed by atoms with Gasteiger partial charge in [0.15, 0.2) is 0 Å². The second-order valence-corrected chi connectivity index (χ2v) is 9.74. The molecule has 1 atom stereocenters. The number of ether oxygens (including phenoxy) is 1. The normalized spacial score (nSPS) is 20.7. The molecular weight excluding hydrogens is 374 g/mol. The number of aromatic nitrogens is 2. The Kier molecular flexibility index (Phi) is 5.73. The second-order valence-electron chi connectivity index (χ2n) is 8.02. The molecule has 2 aliphatic rings. The molecule has 0 saturated heterocycles. The van der Waals surface area contributed by atoms with Crippen LogP contribution in [0.2, 0.25) is 0 Å². The van der Waals surface area contributed by atoms with Crippen molar-refractivity contribution in [2.45, 2.75) is 62.3 Å². The van der Waals surface area contributed by atoms with Crippen LogP contribution < -0.4 is 9.46 Å². The van der Waals surface area contributed by atoms with Crippen molar-refractivity contribution in [3.63, 3.8) is 0 Å². The van der Waals surface area contributed by atoms with Crippen molar-refractivity contribution in [2.75, 3.05) is 6.61 Å². The lowest BCUT2D eigenvalue weighted by molar-refractivity contribution is 0.209. The monoisotopic (exact) mass is 403 g/mol. The van der Waals surface area contributed by atoms with Crippen LogP contribution in [0.5, 0.6) is 5.75 Å². The third kappa shape index (κ3) is 4.25. The van der Waals surface area contributed by atoms with Crippen LogP contribution in [0.4, 0.5) is 0 Å². The highest BCUT2D eigenvalue weighted by molar-refractivity contribution is 7.89. The lowest BCUT2D eigenvalue weighted by atomic mass is 9.90. The van der Waals surface area contributed by atoms with Crippen molar-refractivity contribution >= 4 is 10.0 Å². The lowest BCUT2D eigenvalue weighted by Crippen LogP contribution is -2.31. The van der Waals surface area contributed by atoms with Gasteiger partial charge in [0.05, 0.1) is 23.7 Å². The molecular formula is C21H29N3O3S. The molecule has 1 heterocycles. The van der Waals surface area contributed by atoms with E-state index in [1.807, 2.05) is 11.7 Å². The molecule has 0 unspecified atom stereocenters. The topological polar surface area (TPSA) is 73.2 Å². The van der Waals surface area contributed by atoms with Crippen molar-refractivity contribution in [1.82, 2.24) is 14.5 Å². The molecule has 1 fully saturated rings. The molecule has 0 bridgehead atoms. The third-order valence-corrected chi connectivity index (χ3v) is 7.51. The van der Waals surface area contributed by atoms with E-state index in [1.165, 1.54) is 32.1 Å². The summed E-state index contributed by atoms with van der Waals surface area (Å²) in [7, 11) is -1.68. The molecule has 0 amide bonds. The molecule has 28 heavy (non-hydrogen) atoms. The summed E-state index contributed by atoms with van der Waals surface area (Å²) in [5.41, 5.74) is 2.11. The fourth-order valence-electron chi connectivity index (χ4n) is 4.37. The van der Waals surface area contributed by atoms with Gasteiger partial charge in [-0.05, 0) is 62.3 Å². The minimum Gasteiger partial charge on any atom is -0.493 e. The Morgan fingerprint density at radius 2 is 1.86 bits per heavy atom. The van der Waals surface area contributed by atoms with Gasteiger partial charge in [0.2, 0.25) is 10.0 Å². The van der Waals surface area contributed by atoms with Gasteiger partial charge in [-0.15, -0.1) is 0 Å². The predicted octanol–water partition coefficient (Wildman–Crippen LogP) is 3.74. The SMILES string of the molecule is Cn1ncc2c1CCC[C@@H]2NS(=O)(=O)c1ccc(OCC2CCCCC2)cc1. The van der Waals surface area contributed by atoms with Crippen molar-refractivity contribution in [2.24, 2.45) is 13.0 Å². The van der Waals surface area contributed by atoms with Gasteiger partial charge in [-0.2, -0.15) is 5.10 Å². The second kappa shape index (κ2) is 8.25. The Balaban J connectivity index is 1.40. The molecule has 2 aliphatic carbocycles. The van der Waals surface area contributed by atoms with Crippen LogP contribution in [0.3, 0.4) is 0 Å². The number of hydrogen-bond donors (Lipinski definition) is 1. The standard InChI is InChI=1S/C21H29N3O3S/c1-24-21-9-5-8-20(19(21)14-22-24)23-28(25,26)18-12-10-17(11-13-18)27-15-16-6-3-2-4-7-16/h10-14,16,20,23H,2-9,15H2,1H3/t20-/m0/s1. The Hall–Kier alpha value is -1.86. The van der Waals surface area contributed by atoms with Crippen LogP contribution in [0.1, 0.15) is 62.2 Å². The third-order valence-electron chi connectivity index (χ3n) is 6.02. The van der Waals surface area contributed by atoms with E-state index >= 15 is 0 Å². The summed E-state index contributed by atoms with van der Waals surface area (Å²) in [6.45, 7) is 0.718. The predicted molar refractivity (Wildman–Crippen MR) is 108 cm³/mol. The molecule has 7 heteroatoms. The van der Waals surface area contributed by atoms with E-state index in [-0.39, 0.29) is 10.9 Å². The Morgan fingerprint density at radius 3 is 2.61 bits per heavy atom. The number of sulfonamides is 1. The Morgan fingerprint density at radius 1 is 1.11 bits per heavy atom. The van der Waals surface area contributed by atoms with Gasteiger partial charge >= 0.3 is 0 Å². The number of nitrogens with zero attached hydrogens (tertiary/aromatic N) is 2. The maximum absolute atomic E-state index is 12.9. The zero-order valence-corrected chi connectivity index (χ0v) is 17.2. The number of aryl methyl sites for hydroxylation is 1. The molecule has 1 N–H and O–H groups in total. The smallest absolute Gasteiger partial charge is 0.241 e. The highest BCUT2D eigenvalue weighted by Gasteiger charge is 2.28. The molecule has 0 spiro atoms. The Bertz CT molecular complexity index is 899. The number of rotatable bonds is 6. The van der Waals surface area contributed by atoms with Crippen molar-refractivity contribution in [1.29, 1.82) is 0 Å². The van der Waals surface area contributed by atoms with Gasteiger partial charge in [0.25, 0.3) is 0 Å². The first-order chi connectivity index (χ1) is 13.5. The summed E-state index contributed by atoms with van der Waals surface area (Å²) < 4.78 is 36.3. The maximum Gasteiger partial charge on any atom is 0.241 e. The molecule has 0 radical (unpaired) electrons. The summed E-state index contributed by atoms with van der Waals surface area (Å²) in [6.07, 6.45) is 10.8. The lowest BCUT2D eigenvalue weighted by Gasteiger charge is -2.24. The van der Waals surface area contributed by atoms with Crippen LogP contribution in [-0.4, -0.2) is 24.8 Å². The summed E-state index contributed by atoms with van der Waals surface area (Å²) in [6, 6.07) is 6.56. The van der Waals surface area contributed by atoms with Gasteiger partial charge in [0, 0.05) is 18.3 Å². The molecule has 1 saturated carbocycles. The number of hydrogen-bond acceptors (Lipinski definition) is 4. The average molecular weight is 404 g/mol. The van der Waals surface area contributed by atoms with Gasteiger partial charge in [-0.1, -0.05) is 19.3 Å². The summed E-state index contributed by atoms with van der Waals surface area (Å²) in [5, 5.41) is 4.29. The van der Waals surface area contributed by atoms with Crippen molar-refractivity contribution in [3.05, 3.63) is 41.7 Å². The first-order valence-corrected chi connectivity index (χ1v) is 11.8. The van der Waals surface area contributed by atoms with Crippen LogP contribution in [0, 0.1) is 5.92 Å². The number of nitrogens with one attached hydrogen (secondary N) is 1. The van der Waals surface area contributed by atoms with E-state index in [4.69, 9.17) is 4.74 Å². The zero-order chi connectivity index (χ0) is 19.6. The minimum atomic E-state index is -3.59. The average Bonchev–Trinajstić information content (AvgIpc) is 3.09. The summed E-state index contributed by atoms with van der Waals surface area (Å²) in [4.78, 5) is 0.272. The van der Waals surface area contributed by atoms with E-state index in [1.54, 1.807) is 30.5 Å².